The van der Waals surface area contributed by atoms with E-state index in [0.29, 0.717) is 12.5 Å². The summed E-state index contributed by atoms with van der Waals surface area (Å²) >= 11 is 3.24. The first-order valence-corrected chi connectivity index (χ1v) is 5.03. The zero-order valence-corrected chi connectivity index (χ0v) is 9.39. The maximum absolute atomic E-state index is 9.43. The van der Waals surface area contributed by atoms with E-state index < -0.39 is 0 Å². The summed E-state index contributed by atoms with van der Waals surface area (Å²) in [7, 11) is 0. The Morgan fingerprint density at radius 2 is 2.17 bits per heavy atom. The summed E-state index contributed by atoms with van der Waals surface area (Å²) in [5, 5.41) is 12.5. The van der Waals surface area contributed by atoms with Crippen LogP contribution in [0.25, 0.3) is 0 Å². The van der Waals surface area contributed by atoms with Gasteiger partial charge in [-0.15, -0.1) is 0 Å². The lowest BCUT2D eigenvalue weighted by atomic mass is 10.1. The SMILES string of the molecule is C=C(Br)CNCC(O)CC(C)C. The first-order chi connectivity index (χ1) is 5.52. The van der Waals surface area contributed by atoms with E-state index in [1.54, 1.807) is 0 Å². The molecule has 0 aromatic rings. The van der Waals surface area contributed by atoms with E-state index >= 15 is 0 Å². The van der Waals surface area contributed by atoms with E-state index in [0.717, 1.165) is 17.4 Å². The molecule has 0 fully saturated rings. The fraction of sp³-hybridized carbons (Fsp3) is 0.778. The molecule has 0 aliphatic rings. The molecular weight excluding hydrogens is 218 g/mol. The Morgan fingerprint density at radius 3 is 2.58 bits per heavy atom. The zero-order valence-electron chi connectivity index (χ0n) is 7.81. The van der Waals surface area contributed by atoms with Crippen LogP contribution < -0.4 is 5.32 Å². The van der Waals surface area contributed by atoms with Crippen LogP contribution in [0.15, 0.2) is 11.1 Å². The van der Waals surface area contributed by atoms with Crippen molar-refractivity contribution in [2.45, 2.75) is 26.4 Å². The minimum Gasteiger partial charge on any atom is -0.392 e. The lowest BCUT2D eigenvalue weighted by Crippen LogP contribution is -2.28. The van der Waals surface area contributed by atoms with Crippen molar-refractivity contribution >= 4 is 15.9 Å². The average molecular weight is 236 g/mol. The first-order valence-electron chi connectivity index (χ1n) is 4.24. The third-order valence-corrected chi connectivity index (χ3v) is 1.72. The summed E-state index contributed by atoms with van der Waals surface area (Å²) in [6.45, 7) is 9.25. The van der Waals surface area contributed by atoms with Crippen LogP contribution in [0.4, 0.5) is 0 Å². The van der Waals surface area contributed by atoms with Crippen LogP contribution in [-0.2, 0) is 0 Å². The quantitative estimate of drug-likeness (QED) is 0.738. The van der Waals surface area contributed by atoms with Crippen LogP contribution in [0.1, 0.15) is 20.3 Å². The van der Waals surface area contributed by atoms with Gasteiger partial charge < -0.3 is 10.4 Å². The van der Waals surface area contributed by atoms with E-state index in [1.807, 2.05) is 0 Å². The van der Waals surface area contributed by atoms with Gasteiger partial charge in [0.25, 0.3) is 0 Å². The molecule has 0 aromatic heterocycles. The molecular formula is C9H18BrNO. The molecule has 72 valence electrons. The van der Waals surface area contributed by atoms with Gasteiger partial charge in [0.1, 0.15) is 0 Å². The standard InChI is InChI=1S/C9H18BrNO/c1-7(2)4-9(12)6-11-5-8(3)10/h7,9,11-12H,3-6H2,1-2H3. The molecule has 0 aromatic carbocycles. The summed E-state index contributed by atoms with van der Waals surface area (Å²) in [6, 6.07) is 0. The van der Waals surface area contributed by atoms with Crippen LogP contribution in [0.2, 0.25) is 0 Å². The molecule has 3 heteroatoms. The third-order valence-electron chi connectivity index (χ3n) is 1.44. The van der Waals surface area contributed by atoms with E-state index in [1.165, 1.54) is 0 Å². The van der Waals surface area contributed by atoms with Crippen molar-refractivity contribution in [1.82, 2.24) is 5.32 Å². The molecule has 0 bridgehead atoms. The minimum atomic E-state index is -0.239. The number of hydrogen-bond acceptors (Lipinski definition) is 2. The lowest BCUT2D eigenvalue weighted by Gasteiger charge is -2.13. The molecule has 2 N–H and O–H groups in total. The molecule has 0 saturated heterocycles. The Morgan fingerprint density at radius 1 is 1.58 bits per heavy atom. The normalized spacial score (nSPS) is 13.4. The minimum absolute atomic E-state index is 0.239. The van der Waals surface area contributed by atoms with Gasteiger partial charge in [0.2, 0.25) is 0 Å². The lowest BCUT2D eigenvalue weighted by molar-refractivity contribution is 0.147. The molecule has 0 rings (SSSR count). The highest BCUT2D eigenvalue weighted by atomic mass is 79.9. The molecule has 1 unspecified atom stereocenters. The number of halogens is 1. The molecule has 0 amide bonds. The Labute approximate surface area is 83.2 Å². The first kappa shape index (κ1) is 12.1. The maximum atomic E-state index is 9.43. The molecule has 1 atom stereocenters. The van der Waals surface area contributed by atoms with Gasteiger partial charge in [-0.05, 0) is 12.3 Å². The number of aliphatic hydroxyl groups excluding tert-OH is 1. The molecule has 2 nitrogen and oxygen atoms in total. The van der Waals surface area contributed by atoms with E-state index in [-0.39, 0.29) is 6.10 Å². The molecule has 0 heterocycles. The third kappa shape index (κ3) is 8.24. The second kappa shape index (κ2) is 6.63. The van der Waals surface area contributed by atoms with Gasteiger partial charge in [-0.3, -0.25) is 0 Å². The Kier molecular flexibility index (Phi) is 6.71. The van der Waals surface area contributed by atoms with Gasteiger partial charge >= 0.3 is 0 Å². The molecule has 0 radical (unpaired) electrons. The van der Waals surface area contributed by atoms with Gasteiger partial charge in [-0.1, -0.05) is 36.4 Å². The second-order valence-corrected chi connectivity index (χ2v) is 4.55. The van der Waals surface area contributed by atoms with Crippen LogP contribution in [0.5, 0.6) is 0 Å². The molecule has 0 aliphatic carbocycles. The number of rotatable bonds is 6. The maximum Gasteiger partial charge on any atom is 0.0667 e. The van der Waals surface area contributed by atoms with Gasteiger partial charge in [0, 0.05) is 17.6 Å². The highest BCUT2D eigenvalue weighted by Crippen LogP contribution is 2.03. The van der Waals surface area contributed by atoms with Crippen molar-refractivity contribution in [2.24, 2.45) is 5.92 Å². The zero-order chi connectivity index (χ0) is 9.56. The Balaban J connectivity index is 3.31. The van der Waals surface area contributed by atoms with Gasteiger partial charge in [0.05, 0.1) is 6.10 Å². The Bertz CT molecular complexity index is 136. The number of hydrogen-bond donors (Lipinski definition) is 2. The Hall–Kier alpha value is 0.140. The van der Waals surface area contributed by atoms with Crippen LogP contribution in [0, 0.1) is 5.92 Å². The van der Waals surface area contributed by atoms with E-state index in [2.05, 4.69) is 41.7 Å². The van der Waals surface area contributed by atoms with Crippen molar-refractivity contribution in [1.29, 1.82) is 0 Å². The van der Waals surface area contributed by atoms with Crippen LogP contribution >= 0.6 is 15.9 Å². The van der Waals surface area contributed by atoms with Crippen molar-refractivity contribution in [3.05, 3.63) is 11.1 Å². The van der Waals surface area contributed by atoms with E-state index in [9.17, 15) is 5.11 Å². The summed E-state index contributed by atoms with van der Waals surface area (Å²) in [4.78, 5) is 0. The van der Waals surface area contributed by atoms with E-state index in [4.69, 9.17) is 0 Å². The summed E-state index contributed by atoms with van der Waals surface area (Å²) in [5.41, 5.74) is 0. The predicted molar refractivity (Wildman–Crippen MR) is 56.4 cm³/mol. The van der Waals surface area contributed by atoms with Gasteiger partial charge in [-0.25, -0.2) is 0 Å². The van der Waals surface area contributed by atoms with Crippen molar-refractivity contribution in [2.75, 3.05) is 13.1 Å². The molecule has 0 aliphatic heterocycles. The monoisotopic (exact) mass is 235 g/mol. The van der Waals surface area contributed by atoms with Gasteiger partial charge in [0.15, 0.2) is 0 Å². The van der Waals surface area contributed by atoms with Crippen molar-refractivity contribution < 1.29 is 5.11 Å². The molecule has 0 saturated carbocycles. The highest BCUT2D eigenvalue weighted by Gasteiger charge is 2.05. The predicted octanol–water partition coefficient (Wildman–Crippen LogP) is 1.89. The molecule has 0 spiro atoms. The van der Waals surface area contributed by atoms with Crippen LogP contribution in [0.3, 0.4) is 0 Å². The second-order valence-electron chi connectivity index (χ2n) is 3.43. The number of nitrogens with one attached hydrogen (secondary N) is 1. The number of aliphatic hydroxyl groups is 1. The topological polar surface area (TPSA) is 32.3 Å². The van der Waals surface area contributed by atoms with Crippen LogP contribution in [-0.4, -0.2) is 24.3 Å². The smallest absolute Gasteiger partial charge is 0.0667 e. The highest BCUT2D eigenvalue weighted by molar-refractivity contribution is 9.11. The fourth-order valence-corrected chi connectivity index (χ4v) is 1.20. The molecule has 12 heavy (non-hydrogen) atoms. The van der Waals surface area contributed by atoms with Gasteiger partial charge in [-0.2, -0.15) is 0 Å². The summed E-state index contributed by atoms with van der Waals surface area (Å²) in [5.74, 6) is 0.550. The fourth-order valence-electron chi connectivity index (χ4n) is 1.00. The average Bonchev–Trinajstić information content (AvgIpc) is 1.84. The summed E-state index contributed by atoms with van der Waals surface area (Å²) in [6.07, 6.45) is 0.610. The summed E-state index contributed by atoms with van der Waals surface area (Å²) < 4.78 is 0.916. The van der Waals surface area contributed by atoms with Crippen molar-refractivity contribution in [3.63, 3.8) is 0 Å². The largest absolute Gasteiger partial charge is 0.392 e. The van der Waals surface area contributed by atoms with Crippen molar-refractivity contribution in [3.8, 4) is 0 Å².